The Balaban J connectivity index is 0.934. The van der Waals surface area contributed by atoms with E-state index in [9.17, 15) is 28.8 Å². The molecule has 6 heterocycles. The molecule has 0 atom stereocenters. The summed E-state index contributed by atoms with van der Waals surface area (Å²) >= 11 is 0. The van der Waals surface area contributed by atoms with Crippen molar-refractivity contribution in [3.8, 4) is 34.2 Å². The zero-order valence-electron chi connectivity index (χ0n) is 35.2. The molecule has 0 saturated heterocycles. The van der Waals surface area contributed by atoms with Gasteiger partial charge in [-0.1, -0.05) is 18.2 Å². The van der Waals surface area contributed by atoms with Crippen molar-refractivity contribution in [3.63, 3.8) is 0 Å². The minimum Gasteiger partial charge on any atom is -0.350 e. The molecule has 0 aliphatic carbocycles. The van der Waals surface area contributed by atoms with Crippen LogP contribution in [0.1, 0.15) is 62.1 Å². The molecule has 330 valence electrons. The Hall–Kier alpha value is -9.06. The lowest BCUT2D eigenvalue weighted by Crippen LogP contribution is -2.36. The highest BCUT2D eigenvalue weighted by molar-refractivity contribution is 6.04. The van der Waals surface area contributed by atoms with Crippen molar-refractivity contribution in [2.75, 3.05) is 39.3 Å². The van der Waals surface area contributed by atoms with Gasteiger partial charge in [-0.2, -0.15) is 0 Å². The number of benzene rings is 1. The van der Waals surface area contributed by atoms with E-state index >= 15 is 0 Å². The van der Waals surface area contributed by atoms with Gasteiger partial charge in [-0.05, 0) is 91.0 Å². The van der Waals surface area contributed by atoms with Crippen molar-refractivity contribution in [2.24, 2.45) is 0 Å². The molecule has 0 bridgehead atoms. The number of nitrogens with zero attached hydrogens (tertiary/aromatic N) is 6. The number of pyridine rings is 6. The maximum absolute atomic E-state index is 13.4. The first-order chi connectivity index (χ1) is 32.2. The van der Waals surface area contributed by atoms with Gasteiger partial charge >= 0.3 is 0 Å². The molecule has 0 aliphatic rings. The number of aromatic nitrogens is 6. The third-order valence-electron chi connectivity index (χ3n) is 9.67. The topological polar surface area (TPSA) is 252 Å². The van der Waals surface area contributed by atoms with E-state index in [1.165, 1.54) is 36.8 Å². The lowest BCUT2D eigenvalue weighted by Gasteiger charge is -2.12. The lowest BCUT2D eigenvalue weighted by molar-refractivity contribution is 0.0919. The molecule has 0 saturated carbocycles. The second kappa shape index (κ2) is 22.3. The summed E-state index contributed by atoms with van der Waals surface area (Å²) in [4.78, 5) is 104. The van der Waals surface area contributed by atoms with E-state index in [0.717, 1.165) is 0 Å². The van der Waals surface area contributed by atoms with E-state index in [1.807, 2.05) is 36.4 Å². The highest BCUT2D eigenvalue weighted by atomic mass is 16.2. The first-order valence-corrected chi connectivity index (χ1v) is 20.7. The summed E-state index contributed by atoms with van der Waals surface area (Å²) in [6.07, 6.45) is 9.25. The third-order valence-corrected chi connectivity index (χ3v) is 9.67. The lowest BCUT2D eigenvalue weighted by atomic mass is 10.0. The van der Waals surface area contributed by atoms with E-state index < -0.39 is 35.4 Å². The van der Waals surface area contributed by atoms with Gasteiger partial charge in [-0.15, -0.1) is 0 Å². The molecule has 18 nitrogen and oxygen atoms in total. The summed E-state index contributed by atoms with van der Waals surface area (Å²) in [5, 5.41) is 16.3. The van der Waals surface area contributed by atoms with Crippen LogP contribution in [0.15, 0.2) is 146 Å². The second-order valence-corrected chi connectivity index (χ2v) is 14.3. The van der Waals surface area contributed by atoms with Gasteiger partial charge in [0.25, 0.3) is 35.4 Å². The highest BCUT2D eigenvalue weighted by Crippen LogP contribution is 2.16. The Morgan fingerprint density at radius 2 is 0.530 bits per heavy atom. The average molecular weight is 883 g/mol. The molecule has 6 amide bonds. The molecule has 0 spiro atoms. The summed E-state index contributed by atoms with van der Waals surface area (Å²) < 4.78 is 0. The van der Waals surface area contributed by atoms with E-state index in [0.29, 0.717) is 50.9 Å². The molecule has 0 aliphatic heterocycles. The third kappa shape index (κ3) is 12.3. The standard InChI is InChI=1S/C48H42N12O6/c61-43(31-10-13-40(58-28-31)37-7-1-4-16-49-37)52-19-22-55-46(64)34-25-35(47(65)56-23-20-53-44(62)32-11-14-41(59-29-32)38-8-2-5-17-50-38)27-36(26-34)48(66)57-24-21-54-45(63)33-12-15-42(60-30-33)39-9-3-6-18-51-39/h1-18,25-30H,19-24H2,(H,52,61)(H,53,62)(H,54,63)(H,55,64)(H,56,65)(H,57,66). The molecule has 1 aromatic carbocycles. The monoisotopic (exact) mass is 882 g/mol. The highest BCUT2D eigenvalue weighted by Gasteiger charge is 2.18. The molecule has 18 heteroatoms. The Morgan fingerprint density at radius 3 is 0.742 bits per heavy atom. The van der Waals surface area contributed by atoms with Crippen molar-refractivity contribution in [1.29, 1.82) is 0 Å². The van der Waals surface area contributed by atoms with Crippen LogP contribution in [0.5, 0.6) is 0 Å². The van der Waals surface area contributed by atoms with Gasteiger partial charge in [0, 0.05) is 93.1 Å². The van der Waals surface area contributed by atoms with Gasteiger partial charge in [0.2, 0.25) is 0 Å². The van der Waals surface area contributed by atoms with Crippen LogP contribution >= 0.6 is 0 Å². The van der Waals surface area contributed by atoms with Gasteiger partial charge in [0.15, 0.2) is 0 Å². The van der Waals surface area contributed by atoms with Crippen LogP contribution in [-0.4, -0.2) is 105 Å². The predicted molar refractivity (Wildman–Crippen MR) is 243 cm³/mol. The fourth-order valence-electron chi connectivity index (χ4n) is 6.27. The predicted octanol–water partition coefficient (Wildman–Crippen LogP) is 3.54. The van der Waals surface area contributed by atoms with Gasteiger partial charge in [0.1, 0.15) is 0 Å². The molecule has 0 radical (unpaired) electrons. The van der Waals surface area contributed by atoms with E-state index in [2.05, 4.69) is 61.8 Å². The average Bonchev–Trinajstić information content (AvgIpc) is 3.38. The maximum Gasteiger partial charge on any atom is 0.252 e. The van der Waals surface area contributed by atoms with Crippen LogP contribution in [0.3, 0.4) is 0 Å². The fourth-order valence-corrected chi connectivity index (χ4v) is 6.27. The number of hydrogen-bond acceptors (Lipinski definition) is 12. The quantitative estimate of drug-likeness (QED) is 0.0678. The smallest absolute Gasteiger partial charge is 0.252 e. The van der Waals surface area contributed by atoms with Crippen molar-refractivity contribution in [2.45, 2.75) is 0 Å². The fraction of sp³-hybridized carbons (Fsp3) is 0.125. The first kappa shape index (κ1) is 45.0. The normalized spacial score (nSPS) is 10.5. The summed E-state index contributed by atoms with van der Waals surface area (Å²) in [5.74, 6) is -3.04. The van der Waals surface area contributed by atoms with Crippen LogP contribution in [0, 0.1) is 0 Å². The molecule has 6 N–H and O–H groups in total. The largest absolute Gasteiger partial charge is 0.350 e. The summed E-state index contributed by atoms with van der Waals surface area (Å²) in [6.45, 7) is 0.240. The summed E-state index contributed by atoms with van der Waals surface area (Å²) in [5.41, 5.74) is 4.75. The number of amides is 6. The number of carbonyl (C=O) groups is 6. The SMILES string of the molecule is O=C(NCCNC(=O)c1cc(C(=O)NCCNC(=O)c2ccc(-c3ccccn3)nc2)cc(C(=O)NCCNC(=O)c2ccc(-c3ccccn3)nc2)c1)c1ccc(-c2ccccn2)nc1. The second-order valence-electron chi connectivity index (χ2n) is 14.3. The molecular weight excluding hydrogens is 841 g/mol. The molecule has 7 rings (SSSR count). The molecule has 6 aromatic heterocycles. The first-order valence-electron chi connectivity index (χ1n) is 20.7. The zero-order chi connectivity index (χ0) is 46.1. The number of carbonyl (C=O) groups excluding carboxylic acids is 6. The van der Waals surface area contributed by atoms with E-state index in [4.69, 9.17) is 0 Å². The van der Waals surface area contributed by atoms with Crippen LogP contribution in [0.4, 0.5) is 0 Å². The maximum atomic E-state index is 13.4. The van der Waals surface area contributed by atoms with E-state index in [-0.39, 0.29) is 56.0 Å². The van der Waals surface area contributed by atoms with Crippen molar-refractivity contribution in [3.05, 3.63) is 180 Å². The van der Waals surface area contributed by atoms with Crippen LogP contribution in [-0.2, 0) is 0 Å². The molecule has 0 fully saturated rings. The summed E-state index contributed by atoms with van der Waals surface area (Å²) in [6, 6.07) is 30.2. The van der Waals surface area contributed by atoms with E-state index in [1.54, 1.807) is 73.2 Å². The number of hydrogen-bond donors (Lipinski definition) is 6. The minimum absolute atomic E-state index is 0.00154. The van der Waals surface area contributed by atoms with Crippen molar-refractivity contribution in [1.82, 2.24) is 61.8 Å². The Morgan fingerprint density at radius 1 is 0.288 bits per heavy atom. The Kier molecular flexibility index (Phi) is 15.2. The Labute approximate surface area is 378 Å². The molecule has 7 aromatic rings. The van der Waals surface area contributed by atoms with Crippen LogP contribution < -0.4 is 31.9 Å². The summed E-state index contributed by atoms with van der Waals surface area (Å²) in [7, 11) is 0. The minimum atomic E-state index is -0.612. The van der Waals surface area contributed by atoms with Gasteiger partial charge in [-0.25, -0.2) is 0 Å². The molecular formula is C48H42N12O6. The van der Waals surface area contributed by atoms with Crippen LogP contribution in [0.2, 0.25) is 0 Å². The molecule has 0 unspecified atom stereocenters. The van der Waals surface area contributed by atoms with Crippen molar-refractivity contribution < 1.29 is 28.8 Å². The number of rotatable bonds is 18. The Bertz CT molecular complexity index is 2480. The number of nitrogens with one attached hydrogen (secondary N) is 6. The van der Waals surface area contributed by atoms with Crippen LogP contribution in [0.25, 0.3) is 34.2 Å². The van der Waals surface area contributed by atoms with Crippen molar-refractivity contribution >= 4 is 35.4 Å². The van der Waals surface area contributed by atoms with Gasteiger partial charge < -0.3 is 31.9 Å². The van der Waals surface area contributed by atoms with Gasteiger partial charge in [-0.3, -0.25) is 58.7 Å². The molecule has 66 heavy (non-hydrogen) atoms. The zero-order valence-corrected chi connectivity index (χ0v) is 35.2. The van der Waals surface area contributed by atoms with Gasteiger partial charge in [0.05, 0.1) is 50.9 Å².